The Morgan fingerprint density at radius 1 is 1.33 bits per heavy atom. The van der Waals surface area contributed by atoms with Gasteiger partial charge in [-0.3, -0.25) is 4.79 Å². The van der Waals surface area contributed by atoms with Gasteiger partial charge >= 0.3 is 5.97 Å². The molecule has 1 aromatic rings. The monoisotopic (exact) mass is 248 g/mol. The number of carboxylic acid groups (broad SMARTS) is 1. The molecule has 2 atom stereocenters. The fourth-order valence-corrected chi connectivity index (χ4v) is 2.19. The zero-order chi connectivity index (χ0) is 13.0. The zero-order valence-electron chi connectivity index (χ0n) is 10.8. The second-order valence-corrected chi connectivity index (χ2v) is 4.91. The molecule has 0 heterocycles. The van der Waals surface area contributed by atoms with Crippen LogP contribution in [-0.2, 0) is 4.79 Å². The van der Waals surface area contributed by atoms with Gasteiger partial charge in [0, 0.05) is 0 Å². The minimum atomic E-state index is -0.681. The summed E-state index contributed by atoms with van der Waals surface area (Å²) in [4.78, 5) is 10.8. The van der Waals surface area contributed by atoms with Gasteiger partial charge in [0.05, 0.1) is 12.5 Å². The van der Waals surface area contributed by atoms with Gasteiger partial charge in [-0.15, -0.1) is 0 Å². The van der Waals surface area contributed by atoms with Crippen molar-refractivity contribution >= 4 is 5.97 Å². The van der Waals surface area contributed by atoms with Gasteiger partial charge in [-0.05, 0) is 36.5 Å². The van der Waals surface area contributed by atoms with Crippen molar-refractivity contribution in [2.75, 3.05) is 6.61 Å². The molecule has 0 spiro atoms. The third-order valence-corrected chi connectivity index (χ3v) is 3.43. The molecule has 0 saturated heterocycles. The number of benzene rings is 1. The first kappa shape index (κ1) is 12.9. The molecule has 1 aliphatic carbocycles. The van der Waals surface area contributed by atoms with E-state index in [2.05, 4.69) is 6.92 Å². The molecule has 0 unspecified atom stereocenters. The van der Waals surface area contributed by atoms with Crippen molar-refractivity contribution in [1.29, 1.82) is 0 Å². The Morgan fingerprint density at radius 3 is 2.61 bits per heavy atom. The summed E-state index contributed by atoms with van der Waals surface area (Å²) in [7, 11) is 0. The van der Waals surface area contributed by atoms with Crippen LogP contribution in [0, 0.1) is 5.92 Å². The molecular weight excluding hydrogens is 228 g/mol. The number of carbonyl (C=O) groups is 1. The highest BCUT2D eigenvalue weighted by Gasteiger charge is 2.43. The Morgan fingerprint density at radius 2 is 2.06 bits per heavy atom. The first-order valence-electron chi connectivity index (χ1n) is 6.68. The Balaban J connectivity index is 1.81. The lowest BCUT2D eigenvalue weighted by Crippen LogP contribution is -1.99. The van der Waals surface area contributed by atoms with Crippen LogP contribution in [0.3, 0.4) is 0 Å². The van der Waals surface area contributed by atoms with Crippen molar-refractivity contribution in [2.45, 2.75) is 38.5 Å². The van der Waals surface area contributed by atoms with Crippen molar-refractivity contribution in [1.82, 2.24) is 0 Å². The van der Waals surface area contributed by atoms with Gasteiger partial charge < -0.3 is 9.84 Å². The Hall–Kier alpha value is -1.51. The molecule has 1 aromatic carbocycles. The van der Waals surface area contributed by atoms with Crippen LogP contribution >= 0.6 is 0 Å². The summed E-state index contributed by atoms with van der Waals surface area (Å²) in [5.74, 6) is 0.222. The van der Waals surface area contributed by atoms with Crippen LogP contribution in [0.15, 0.2) is 24.3 Å². The summed E-state index contributed by atoms with van der Waals surface area (Å²) in [5.41, 5.74) is 1.11. The predicted octanol–water partition coefficient (Wildman–Crippen LogP) is 3.44. The third-order valence-electron chi connectivity index (χ3n) is 3.43. The molecule has 2 rings (SSSR count). The second-order valence-electron chi connectivity index (χ2n) is 4.91. The van der Waals surface area contributed by atoms with E-state index >= 15 is 0 Å². The minimum absolute atomic E-state index is 0.179. The first-order chi connectivity index (χ1) is 8.72. The van der Waals surface area contributed by atoms with Crippen LogP contribution < -0.4 is 4.74 Å². The predicted molar refractivity (Wildman–Crippen MR) is 69.9 cm³/mol. The van der Waals surface area contributed by atoms with Crippen molar-refractivity contribution < 1.29 is 14.6 Å². The summed E-state index contributed by atoms with van der Waals surface area (Å²) < 4.78 is 5.62. The lowest BCUT2D eigenvalue weighted by molar-refractivity contribution is -0.138. The highest BCUT2D eigenvalue weighted by Crippen LogP contribution is 2.47. The SMILES string of the molecule is CCCCCOc1ccc([C@H]2C[C@@H]2C(=O)O)cc1. The maximum atomic E-state index is 10.8. The molecule has 1 N–H and O–H groups in total. The Kier molecular flexibility index (Phi) is 4.24. The van der Waals surface area contributed by atoms with Crippen LogP contribution in [0.4, 0.5) is 0 Å². The Bertz CT molecular complexity index is 397. The van der Waals surface area contributed by atoms with Crippen LogP contribution in [0.25, 0.3) is 0 Å². The van der Waals surface area contributed by atoms with Crippen molar-refractivity contribution in [3.8, 4) is 5.75 Å². The van der Waals surface area contributed by atoms with E-state index in [-0.39, 0.29) is 11.8 Å². The summed E-state index contributed by atoms with van der Waals surface area (Å²) in [6, 6.07) is 7.86. The van der Waals surface area contributed by atoms with Crippen LogP contribution in [0.1, 0.15) is 44.1 Å². The maximum Gasteiger partial charge on any atom is 0.307 e. The lowest BCUT2D eigenvalue weighted by atomic mass is 10.1. The molecule has 1 aliphatic rings. The third kappa shape index (κ3) is 3.25. The van der Waals surface area contributed by atoms with Crippen molar-refractivity contribution in [2.24, 2.45) is 5.92 Å². The molecule has 3 heteroatoms. The van der Waals surface area contributed by atoms with E-state index in [1.165, 1.54) is 12.8 Å². The quantitative estimate of drug-likeness (QED) is 0.752. The number of rotatable bonds is 7. The van der Waals surface area contributed by atoms with E-state index < -0.39 is 5.97 Å². The number of ether oxygens (including phenoxy) is 1. The molecule has 1 saturated carbocycles. The first-order valence-corrected chi connectivity index (χ1v) is 6.68. The fraction of sp³-hybridized carbons (Fsp3) is 0.533. The summed E-state index contributed by atoms with van der Waals surface area (Å²) >= 11 is 0. The van der Waals surface area contributed by atoms with Gasteiger partial charge in [-0.2, -0.15) is 0 Å². The normalized spacial score (nSPS) is 21.6. The largest absolute Gasteiger partial charge is 0.494 e. The second kappa shape index (κ2) is 5.89. The van der Waals surface area contributed by atoms with E-state index in [1.807, 2.05) is 24.3 Å². The molecule has 0 aromatic heterocycles. The van der Waals surface area contributed by atoms with E-state index in [9.17, 15) is 4.79 Å². The van der Waals surface area contributed by atoms with Crippen molar-refractivity contribution in [3.05, 3.63) is 29.8 Å². The number of hydrogen-bond donors (Lipinski definition) is 1. The van der Waals surface area contributed by atoms with Crippen LogP contribution in [0.5, 0.6) is 5.75 Å². The topological polar surface area (TPSA) is 46.5 Å². The average Bonchev–Trinajstić information content (AvgIpc) is 3.16. The summed E-state index contributed by atoms with van der Waals surface area (Å²) in [6.45, 7) is 2.93. The number of unbranched alkanes of at least 4 members (excludes halogenated alkanes) is 2. The molecule has 0 radical (unpaired) electrons. The average molecular weight is 248 g/mol. The minimum Gasteiger partial charge on any atom is -0.494 e. The molecule has 0 bridgehead atoms. The number of hydrogen-bond acceptors (Lipinski definition) is 2. The lowest BCUT2D eigenvalue weighted by Gasteiger charge is -2.06. The van der Waals surface area contributed by atoms with Gasteiger partial charge in [0.15, 0.2) is 0 Å². The maximum absolute atomic E-state index is 10.8. The highest BCUT2D eigenvalue weighted by atomic mass is 16.5. The molecule has 0 amide bonds. The Labute approximate surface area is 108 Å². The fourth-order valence-electron chi connectivity index (χ4n) is 2.19. The van der Waals surface area contributed by atoms with Gasteiger partial charge in [-0.25, -0.2) is 0 Å². The number of aliphatic carboxylic acids is 1. The van der Waals surface area contributed by atoms with E-state index in [1.54, 1.807) is 0 Å². The van der Waals surface area contributed by atoms with Crippen LogP contribution in [0.2, 0.25) is 0 Å². The summed E-state index contributed by atoms with van der Waals surface area (Å²) in [5, 5.41) is 8.88. The van der Waals surface area contributed by atoms with Gasteiger partial charge in [0.1, 0.15) is 5.75 Å². The molecular formula is C15H20O3. The molecule has 0 aliphatic heterocycles. The van der Waals surface area contributed by atoms with Gasteiger partial charge in [0.25, 0.3) is 0 Å². The molecule has 18 heavy (non-hydrogen) atoms. The highest BCUT2D eigenvalue weighted by molar-refractivity contribution is 5.75. The molecule has 98 valence electrons. The molecule has 1 fully saturated rings. The van der Waals surface area contributed by atoms with Crippen LogP contribution in [-0.4, -0.2) is 17.7 Å². The van der Waals surface area contributed by atoms with Gasteiger partial charge in [0.2, 0.25) is 0 Å². The standard InChI is InChI=1S/C15H20O3/c1-2-3-4-9-18-12-7-5-11(6-8-12)13-10-14(13)15(16)17/h5-8,13-14H,2-4,9-10H2,1H3,(H,16,17)/t13-,14+/m1/s1. The smallest absolute Gasteiger partial charge is 0.307 e. The zero-order valence-corrected chi connectivity index (χ0v) is 10.8. The van der Waals surface area contributed by atoms with Crippen molar-refractivity contribution in [3.63, 3.8) is 0 Å². The molecule has 3 nitrogen and oxygen atoms in total. The van der Waals surface area contributed by atoms with E-state index in [4.69, 9.17) is 9.84 Å². The van der Waals surface area contributed by atoms with Gasteiger partial charge in [-0.1, -0.05) is 31.9 Å². The number of carboxylic acids is 1. The summed E-state index contributed by atoms with van der Waals surface area (Å²) in [6.07, 6.45) is 4.25. The van der Waals surface area contributed by atoms with E-state index in [0.717, 1.165) is 30.8 Å². The van der Waals surface area contributed by atoms with E-state index in [0.29, 0.717) is 0 Å².